The number of nitrogens with two attached hydrogens (primary N) is 1. The fraction of sp³-hybridized carbons (Fsp3) is 0.375. The minimum absolute atomic E-state index is 0.167. The van der Waals surface area contributed by atoms with Gasteiger partial charge >= 0.3 is 12.1 Å². The molecule has 0 radical (unpaired) electrons. The average Bonchev–Trinajstić information content (AvgIpc) is 2.52. The van der Waals surface area contributed by atoms with Gasteiger partial charge in [0.05, 0.1) is 0 Å². The Bertz CT molecular complexity index is 534. The number of carbonyl (C=O) groups excluding carboxylic acids is 1. The topological polar surface area (TPSA) is 102 Å². The quantitative estimate of drug-likeness (QED) is 0.499. The molecule has 6 nitrogen and oxygen atoms in total. The molecule has 1 aromatic rings. The molecule has 1 aromatic carbocycles. The molecule has 0 saturated carbocycles. The first-order valence-electron chi connectivity index (χ1n) is 6.97. The molecular weight excluding hydrogens is 284 g/mol. The van der Waals surface area contributed by atoms with Gasteiger partial charge in [-0.25, -0.2) is 4.79 Å². The first-order chi connectivity index (χ1) is 10.5. The van der Waals surface area contributed by atoms with Crippen molar-refractivity contribution in [2.24, 2.45) is 5.73 Å². The molecule has 0 saturated heterocycles. The summed E-state index contributed by atoms with van der Waals surface area (Å²) < 4.78 is 5.05. The summed E-state index contributed by atoms with van der Waals surface area (Å²) in [5, 5.41) is 11.2. The van der Waals surface area contributed by atoms with Crippen LogP contribution in [0.25, 0.3) is 0 Å². The minimum atomic E-state index is -1.01. The highest BCUT2D eigenvalue weighted by Crippen LogP contribution is 2.05. The zero-order valence-electron chi connectivity index (χ0n) is 12.2. The van der Waals surface area contributed by atoms with E-state index in [9.17, 15) is 9.59 Å². The third kappa shape index (κ3) is 6.77. The van der Waals surface area contributed by atoms with E-state index in [4.69, 9.17) is 22.0 Å². The van der Waals surface area contributed by atoms with E-state index in [1.807, 2.05) is 0 Å². The molecule has 0 spiro atoms. The highest BCUT2D eigenvalue weighted by Gasteiger charge is 2.10. The van der Waals surface area contributed by atoms with Gasteiger partial charge in [-0.3, -0.25) is 4.79 Å². The van der Waals surface area contributed by atoms with Gasteiger partial charge in [0.2, 0.25) is 0 Å². The van der Waals surface area contributed by atoms with Gasteiger partial charge in [0, 0.05) is 12.1 Å². The number of hydrogen-bond acceptors (Lipinski definition) is 4. The number of rotatable bonds is 8. The number of aliphatic carboxylic acids is 1. The smallest absolute Gasteiger partial charge is 0.407 e. The maximum absolute atomic E-state index is 11.5. The maximum atomic E-state index is 11.5. The molecule has 0 unspecified atom stereocenters. The zero-order chi connectivity index (χ0) is 16.4. The number of nitrogens with one attached hydrogen (secondary N) is 1. The van der Waals surface area contributed by atoms with Gasteiger partial charge in [0.15, 0.2) is 0 Å². The number of ether oxygens (including phenoxy) is 1. The SMILES string of the molecule is C#Cc1ccc(COC(=O)NCCCC[C@H](N)C(=O)O)cc1. The van der Waals surface area contributed by atoms with Gasteiger partial charge in [0.25, 0.3) is 0 Å². The summed E-state index contributed by atoms with van der Waals surface area (Å²) >= 11 is 0. The number of terminal acetylenes is 1. The Hall–Kier alpha value is -2.52. The molecule has 118 valence electrons. The van der Waals surface area contributed by atoms with Crippen LogP contribution in [-0.2, 0) is 16.1 Å². The van der Waals surface area contributed by atoms with Crippen molar-refractivity contribution < 1.29 is 19.4 Å². The predicted molar refractivity (Wildman–Crippen MR) is 82.0 cm³/mol. The predicted octanol–water partition coefficient (Wildman–Crippen LogP) is 1.48. The van der Waals surface area contributed by atoms with Crippen LogP contribution in [0, 0.1) is 12.3 Å². The first-order valence-corrected chi connectivity index (χ1v) is 6.97. The summed E-state index contributed by atoms with van der Waals surface area (Å²) in [5.41, 5.74) is 6.99. The molecule has 6 heteroatoms. The second-order valence-corrected chi connectivity index (χ2v) is 4.78. The second-order valence-electron chi connectivity index (χ2n) is 4.78. The van der Waals surface area contributed by atoms with Gasteiger partial charge < -0.3 is 20.9 Å². The van der Waals surface area contributed by atoms with Crippen LogP contribution in [0.2, 0.25) is 0 Å². The summed E-state index contributed by atoms with van der Waals surface area (Å²) in [7, 11) is 0. The largest absolute Gasteiger partial charge is 0.480 e. The van der Waals surface area contributed by atoms with E-state index >= 15 is 0 Å². The summed E-state index contributed by atoms with van der Waals surface area (Å²) in [6.45, 7) is 0.585. The number of carbonyl (C=O) groups is 2. The van der Waals surface area contributed by atoms with Crippen molar-refractivity contribution in [3.63, 3.8) is 0 Å². The third-order valence-corrected chi connectivity index (χ3v) is 3.02. The molecule has 0 aromatic heterocycles. The van der Waals surface area contributed by atoms with E-state index in [2.05, 4.69) is 11.2 Å². The number of carboxylic acid groups (broad SMARTS) is 1. The molecular formula is C16H20N2O4. The minimum Gasteiger partial charge on any atom is -0.480 e. The lowest BCUT2D eigenvalue weighted by Crippen LogP contribution is -2.30. The third-order valence-electron chi connectivity index (χ3n) is 3.02. The van der Waals surface area contributed by atoms with Crippen molar-refractivity contribution >= 4 is 12.1 Å². The number of amides is 1. The van der Waals surface area contributed by atoms with E-state index in [1.54, 1.807) is 24.3 Å². The molecule has 0 aliphatic carbocycles. The van der Waals surface area contributed by atoms with E-state index in [0.29, 0.717) is 25.8 Å². The first kappa shape index (κ1) is 17.5. The van der Waals surface area contributed by atoms with Crippen LogP contribution >= 0.6 is 0 Å². The molecule has 4 N–H and O–H groups in total. The van der Waals surface area contributed by atoms with Crippen molar-refractivity contribution in [3.8, 4) is 12.3 Å². The Morgan fingerprint density at radius 3 is 2.59 bits per heavy atom. The lowest BCUT2D eigenvalue weighted by molar-refractivity contribution is -0.138. The number of carboxylic acids is 1. The van der Waals surface area contributed by atoms with Crippen molar-refractivity contribution in [2.45, 2.75) is 31.9 Å². The van der Waals surface area contributed by atoms with Crippen LogP contribution in [0.3, 0.4) is 0 Å². The van der Waals surface area contributed by atoms with Crippen LogP contribution in [0.1, 0.15) is 30.4 Å². The van der Waals surface area contributed by atoms with Gasteiger partial charge in [-0.2, -0.15) is 0 Å². The van der Waals surface area contributed by atoms with E-state index in [0.717, 1.165) is 11.1 Å². The van der Waals surface area contributed by atoms with Crippen molar-refractivity contribution in [1.29, 1.82) is 0 Å². The van der Waals surface area contributed by atoms with Crippen LogP contribution in [0.15, 0.2) is 24.3 Å². The van der Waals surface area contributed by atoms with Crippen molar-refractivity contribution in [1.82, 2.24) is 5.32 Å². The van der Waals surface area contributed by atoms with Crippen molar-refractivity contribution in [2.75, 3.05) is 6.54 Å². The summed E-state index contributed by atoms with van der Waals surface area (Å²) in [4.78, 5) is 22.0. The normalized spacial score (nSPS) is 11.3. The second kappa shape index (κ2) is 9.42. The fourth-order valence-corrected chi connectivity index (χ4v) is 1.70. The van der Waals surface area contributed by atoms with Gasteiger partial charge in [-0.05, 0) is 37.0 Å². The van der Waals surface area contributed by atoms with E-state index < -0.39 is 18.1 Å². The van der Waals surface area contributed by atoms with Gasteiger partial charge in [-0.15, -0.1) is 6.42 Å². The van der Waals surface area contributed by atoms with Crippen molar-refractivity contribution in [3.05, 3.63) is 35.4 Å². The van der Waals surface area contributed by atoms with Crippen LogP contribution < -0.4 is 11.1 Å². The lowest BCUT2D eigenvalue weighted by atomic mass is 10.1. The highest BCUT2D eigenvalue weighted by atomic mass is 16.5. The zero-order valence-corrected chi connectivity index (χ0v) is 12.2. The monoisotopic (exact) mass is 304 g/mol. The fourth-order valence-electron chi connectivity index (χ4n) is 1.70. The van der Waals surface area contributed by atoms with Gasteiger partial charge in [-0.1, -0.05) is 18.1 Å². The summed E-state index contributed by atoms with van der Waals surface area (Å²) in [6, 6.07) is 6.31. The number of benzene rings is 1. The lowest BCUT2D eigenvalue weighted by Gasteiger charge is -2.08. The van der Waals surface area contributed by atoms with Crippen LogP contribution in [0.5, 0.6) is 0 Å². The van der Waals surface area contributed by atoms with Crippen LogP contribution in [0.4, 0.5) is 4.79 Å². The Kier molecular flexibility index (Phi) is 7.51. The van der Waals surface area contributed by atoms with Gasteiger partial charge in [0.1, 0.15) is 12.6 Å². The molecule has 0 aliphatic heterocycles. The number of unbranched alkanes of at least 4 members (excludes halogenated alkanes) is 1. The maximum Gasteiger partial charge on any atom is 0.407 e. The van der Waals surface area contributed by atoms with E-state index in [1.165, 1.54) is 0 Å². The Morgan fingerprint density at radius 2 is 2.00 bits per heavy atom. The summed E-state index contributed by atoms with van der Waals surface area (Å²) in [6.07, 6.45) is 6.39. The average molecular weight is 304 g/mol. The number of hydrogen-bond donors (Lipinski definition) is 3. The molecule has 0 heterocycles. The molecule has 22 heavy (non-hydrogen) atoms. The van der Waals surface area contributed by atoms with E-state index in [-0.39, 0.29) is 6.61 Å². The molecule has 1 atom stereocenters. The number of alkyl carbamates (subject to hydrolysis) is 1. The molecule has 0 fully saturated rings. The highest BCUT2D eigenvalue weighted by molar-refractivity contribution is 5.72. The molecule has 1 rings (SSSR count). The Balaban J connectivity index is 2.13. The molecule has 1 amide bonds. The Morgan fingerprint density at radius 1 is 1.32 bits per heavy atom. The summed E-state index contributed by atoms with van der Waals surface area (Å²) in [5.74, 6) is 1.50. The Labute approximate surface area is 129 Å². The molecule has 0 aliphatic rings. The van der Waals surface area contributed by atoms with Crippen LogP contribution in [-0.4, -0.2) is 29.8 Å². The standard InChI is InChI=1S/C16H20N2O4/c1-2-12-6-8-13(9-7-12)11-22-16(21)18-10-4-3-5-14(17)15(19)20/h1,6-9,14H,3-5,10-11,17H2,(H,18,21)(H,19,20)/t14-/m0/s1. The molecule has 0 bridgehead atoms.